The van der Waals surface area contributed by atoms with E-state index in [4.69, 9.17) is 5.14 Å². The highest BCUT2D eigenvalue weighted by molar-refractivity contribution is 7.89. The van der Waals surface area contributed by atoms with Gasteiger partial charge in [-0.1, -0.05) is 43.3 Å². The van der Waals surface area contributed by atoms with Crippen molar-refractivity contribution in [1.29, 1.82) is 0 Å². The molecule has 0 aromatic heterocycles. The average Bonchev–Trinajstić information content (AvgIpc) is 2.82. The predicted molar refractivity (Wildman–Crippen MR) is 91.4 cm³/mol. The lowest BCUT2D eigenvalue weighted by atomic mass is 10.00. The molecule has 0 heterocycles. The lowest BCUT2D eigenvalue weighted by Gasteiger charge is -2.24. The molecule has 3 atom stereocenters. The lowest BCUT2D eigenvalue weighted by molar-refractivity contribution is 0.379. The second-order valence-electron chi connectivity index (χ2n) is 6.36. The number of nitrogens with two attached hydrogens (primary N) is 1. The quantitative estimate of drug-likeness (QED) is 0.905. The summed E-state index contributed by atoms with van der Waals surface area (Å²) in [5, 5.41) is 8.82. The van der Waals surface area contributed by atoms with Crippen LogP contribution in [-0.4, -0.2) is 8.42 Å². The fourth-order valence-corrected chi connectivity index (χ4v) is 3.88. The summed E-state index contributed by atoms with van der Waals surface area (Å²) >= 11 is 0. The molecular weight excluding hydrogens is 308 g/mol. The van der Waals surface area contributed by atoms with Crippen molar-refractivity contribution in [3.63, 3.8) is 0 Å². The molecule has 0 bridgehead atoms. The van der Waals surface area contributed by atoms with E-state index in [0.717, 1.165) is 12.0 Å². The number of fused-ring (bicyclic) bond motifs is 1. The summed E-state index contributed by atoms with van der Waals surface area (Å²) in [5.74, 6) is 0.540. The van der Waals surface area contributed by atoms with Gasteiger partial charge in [0.25, 0.3) is 0 Å². The van der Waals surface area contributed by atoms with Crippen LogP contribution in [-0.2, 0) is 16.4 Å². The van der Waals surface area contributed by atoms with Gasteiger partial charge >= 0.3 is 0 Å². The van der Waals surface area contributed by atoms with E-state index in [0.29, 0.717) is 12.0 Å². The van der Waals surface area contributed by atoms with Crippen molar-refractivity contribution in [2.45, 2.75) is 37.2 Å². The van der Waals surface area contributed by atoms with Crippen molar-refractivity contribution in [2.75, 3.05) is 0 Å². The third kappa shape index (κ3) is 3.32. The monoisotopic (exact) mass is 330 g/mol. The highest BCUT2D eigenvalue weighted by atomic mass is 32.2. The van der Waals surface area contributed by atoms with Crippen LogP contribution in [0.5, 0.6) is 0 Å². The molecule has 122 valence electrons. The second kappa shape index (κ2) is 6.07. The molecule has 0 saturated carbocycles. The van der Waals surface area contributed by atoms with Crippen LogP contribution in [0, 0.1) is 5.92 Å². The molecular formula is C18H22N2O2S. The zero-order valence-electron chi connectivity index (χ0n) is 13.4. The van der Waals surface area contributed by atoms with Gasteiger partial charge in [-0.2, -0.15) is 0 Å². The van der Waals surface area contributed by atoms with Crippen molar-refractivity contribution >= 4 is 10.0 Å². The number of rotatable bonds is 4. The van der Waals surface area contributed by atoms with E-state index in [1.54, 1.807) is 12.1 Å². The molecule has 0 radical (unpaired) electrons. The van der Waals surface area contributed by atoms with Gasteiger partial charge in [0, 0.05) is 12.1 Å². The minimum Gasteiger partial charge on any atom is -0.303 e. The maximum Gasteiger partial charge on any atom is 0.238 e. The average molecular weight is 330 g/mol. The first kappa shape index (κ1) is 16.2. The maximum absolute atomic E-state index is 11.3. The normalized spacial score (nSPS) is 21.9. The summed E-state index contributed by atoms with van der Waals surface area (Å²) in [6, 6.07) is 15.8. The van der Waals surface area contributed by atoms with E-state index in [2.05, 4.69) is 43.4 Å². The van der Waals surface area contributed by atoms with Gasteiger partial charge in [0.1, 0.15) is 0 Å². The Kier molecular flexibility index (Phi) is 4.27. The van der Waals surface area contributed by atoms with Crippen LogP contribution in [0.4, 0.5) is 0 Å². The minimum atomic E-state index is -3.64. The Balaban J connectivity index is 1.78. The molecule has 0 amide bonds. The fraction of sp³-hybridized carbons (Fsp3) is 0.333. The highest BCUT2D eigenvalue weighted by Gasteiger charge is 2.29. The zero-order chi connectivity index (χ0) is 16.6. The first-order chi connectivity index (χ1) is 10.9. The zero-order valence-corrected chi connectivity index (χ0v) is 14.2. The van der Waals surface area contributed by atoms with E-state index in [1.807, 2.05) is 12.1 Å². The van der Waals surface area contributed by atoms with Crippen molar-refractivity contribution in [1.82, 2.24) is 5.32 Å². The third-order valence-corrected chi connectivity index (χ3v) is 5.57. The topological polar surface area (TPSA) is 72.2 Å². The summed E-state index contributed by atoms with van der Waals surface area (Å²) in [6.07, 6.45) is 1.09. The van der Waals surface area contributed by atoms with Crippen molar-refractivity contribution < 1.29 is 8.42 Å². The Labute approximate surface area is 137 Å². The lowest BCUT2D eigenvalue weighted by Crippen LogP contribution is -2.27. The third-order valence-electron chi connectivity index (χ3n) is 4.64. The Morgan fingerprint density at radius 1 is 1.13 bits per heavy atom. The summed E-state index contributed by atoms with van der Waals surface area (Å²) < 4.78 is 22.7. The predicted octanol–water partition coefficient (Wildman–Crippen LogP) is 2.92. The number of hydrogen-bond acceptors (Lipinski definition) is 3. The van der Waals surface area contributed by atoms with Gasteiger partial charge in [-0.05, 0) is 48.1 Å². The van der Waals surface area contributed by atoms with Crippen LogP contribution in [0.1, 0.15) is 42.6 Å². The van der Waals surface area contributed by atoms with E-state index < -0.39 is 10.0 Å². The highest BCUT2D eigenvalue weighted by Crippen LogP contribution is 2.37. The minimum absolute atomic E-state index is 0.128. The Hall–Kier alpha value is -1.69. The molecule has 0 fully saturated rings. The SMILES string of the molecule is C[C@H](N[C@H]1c2ccccc2C[C@H]1C)c1ccc(S(N)(=O)=O)cc1. The van der Waals surface area contributed by atoms with Gasteiger partial charge in [-0.15, -0.1) is 0 Å². The smallest absolute Gasteiger partial charge is 0.238 e. The van der Waals surface area contributed by atoms with Crippen LogP contribution in [0.15, 0.2) is 53.4 Å². The van der Waals surface area contributed by atoms with Crippen LogP contribution < -0.4 is 10.5 Å². The molecule has 0 aliphatic heterocycles. The molecule has 0 saturated heterocycles. The first-order valence-corrected chi connectivity index (χ1v) is 9.37. The molecule has 2 aromatic carbocycles. The molecule has 4 nitrogen and oxygen atoms in total. The summed E-state index contributed by atoms with van der Waals surface area (Å²) in [4.78, 5) is 0.146. The molecule has 0 spiro atoms. The van der Waals surface area contributed by atoms with Gasteiger partial charge in [0.2, 0.25) is 10.0 Å². The molecule has 1 aliphatic rings. The van der Waals surface area contributed by atoms with Crippen molar-refractivity contribution in [3.8, 4) is 0 Å². The van der Waals surface area contributed by atoms with E-state index in [1.165, 1.54) is 11.1 Å². The largest absolute Gasteiger partial charge is 0.303 e. The van der Waals surface area contributed by atoms with E-state index in [9.17, 15) is 8.42 Å². The molecule has 23 heavy (non-hydrogen) atoms. The number of sulfonamides is 1. The second-order valence-corrected chi connectivity index (χ2v) is 7.92. The Morgan fingerprint density at radius 2 is 1.78 bits per heavy atom. The van der Waals surface area contributed by atoms with E-state index >= 15 is 0 Å². The Bertz CT molecular complexity index is 800. The van der Waals surface area contributed by atoms with Crippen LogP contribution in [0.2, 0.25) is 0 Å². The number of hydrogen-bond donors (Lipinski definition) is 2. The number of nitrogens with one attached hydrogen (secondary N) is 1. The van der Waals surface area contributed by atoms with Gasteiger partial charge in [-0.25, -0.2) is 13.6 Å². The van der Waals surface area contributed by atoms with Crippen LogP contribution >= 0.6 is 0 Å². The molecule has 2 aromatic rings. The molecule has 0 unspecified atom stereocenters. The van der Waals surface area contributed by atoms with Crippen molar-refractivity contribution in [2.24, 2.45) is 11.1 Å². The molecule has 3 N–H and O–H groups in total. The van der Waals surface area contributed by atoms with E-state index in [-0.39, 0.29) is 10.9 Å². The Morgan fingerprint density at radius 3 is 2.43 bits per heavy atom. The van der Waals surface area contributed by atoms with Gasteiger partial charge in [0.15, 0.2) is 0 Å². The molecule has 5 heteroatoms. The summed E-state index contributed by atoms with van der Waals surface area (Å²) in [7, 11) is -3.64. The van der Waals surface area contributed by atoms with Gasteiger partial charge in [-0.3, -0.25) is 0 Å². The summed E-state index contributed by atoms with van der Waals surface area (Å²) in [6.45, 7) is 4.36. The molecule has 3 rings (SSSR count). The maximum atomic E-state index is 11.3. The fourth-order valence-electron chi connectivity index (χ4n) is 3.36. The van der Waals surface area contributed by atoms with Gasteiger partial charge in [0.05, 0.1) is 4.90 Å². The number of primary sulfonamides is 1. The standard InChI is InChI=1S/C18H22N2O2S/c1-12-11-15-5-3-4-6-17(15)18(12)20-13(2)14-7-9-16(10-8-14)23(19,21)22/h3-10,12-13,18,20H,11H2,1-2H3,(H2,19,21,22)/t12-,13+,18-/m1/s1. The van der Waals surface area contributed by atoms with Crippen LogP contribution in [0.25, 0.3) is 0 Å². The number of benzene rings is 2. The first-order valence-electron chi connectivity index (χ1n) is 7.83. The molecule has 1 aliphatic carbocycles. The summed E-state index contributed by atoms with van der Waals surface area (Å²) in [5.41, 5.74) is 3.83. The van der Waals surface area contributed by atoms with Crippen LogP contribution in [0.3, 0.4) is 0 Å². The van der Waals surface area contributed by atoms with Crippen molar-refractivity contribution in [3.05, 3.63) is 65.2 Å². The van der Waals surface area contributed by atoms with Gasteiger partial charge < -0.3 is 5.32 Å².